The van der Waals surface area contributed by atoms with E-state index >= 15 is 0 Å². The third kappa shape index (κ3) is 63.1. The number of aryl methyl sites for hydroxylation is 1. The number of pyridine rings is 3. The lowest BCUT2D eigenvalue weighted by Crippen LogP contribution is -2.14. The molecule has 2 aromatic carbocycles. The van der Waals surface area contributed by atoms with Gasteiger partial charge in [0.05, 0.1) is 22.6 Å². The second-order valence-corrected chi connectivity index (χ2v) is 27.0. The topological polar surface area (TPSA) is 168 Å². The number of benzene rings is 2. The maximum absolute atomic E-state index is 4.49. The molecule has 0 fully saturated rings. The van der Waals surface area contributed by atoms with Crippen LogP contribution in [0.15, 0.2) is 202 Å². The molecule has 8 heterocycles. The van der Waals surface area contributed by atoms with E-state index in [4.69, 9.17) is 0 Å². The molecule has 10 aromatic rings. The molecule has 8 aromatic heterocycles. The number of rotatable bonds is 5. The molecular formula is C96H165N13. The Labute approximate surface area is 673 Å². The molecule has 0 amide bonds. The summed E-state index contributed by atoms with van der Waals surface area (Å²) in [5, 5.41) is 8.86. The minimum atomic E-state index is 0. The highest BCUT2D eigenvalue weighted by Gasteiger charge is 2.17. The second-order valence-electron chi connectivity index (χ2n) is 27.0. The highest BCUT2D eigenvalue weighted by atomic mass is 15.1. The summed E-state index contributed by atoms with van der Waals surface area (Å²) in [4.78, 5) is 45.5. The van der Waals surface area contributed by atoms with Crippen LogP contribution in [0.25, 0.3) is 10.9 Å². The number of aromatic nitrogens is 13. The van der Waals surface area contributed by atoms with Crippen molar-refractivity contribution in [1.82, 2.24) is 65.0 Å². The van der Waals surface area contributed by atoms with E-state index < -0.39 is 0 Å². The molecule has 0 spiro atoms. The van der Waals surface area contributed by atoms with Crippen LogP contribution in [0.2, 0.25) is 0 Å². The molecule has 0 unspecified atom stereocenters. The number of fused-ring (bicyclic) bond motifs is 1. The van der Waals surface area contributed by atoms with Gasteiger partial charge in [0.2, 0.25) is 0 Å². The van der Waals surface area contributed by atoms with Gasteiger partial charge >= 0.3 is 0 Å². The molecule has 0 aliphatic carbocycles. The van der Waals surface area contributed by atoms with E-state index in [0.29, 0.717) is 29.6 Å². The van der Waals surface area contributed by atoms with Gasteiger partial charge < -0.3 is 0 Å². The van der Waals surface area contributed by atoms with Crippen LogP contribution in [-0.2, 0) is 21.7 Å². The summed E-state index contributed by atoms with van der Waals surface area (Å²) < 4.78 is 0. The third-order valence-corrected chi connectivity index (χ3v) is 13.0. The first-order valence-corrected chi connectivity index (χ1v) is 40.4. The highest BCUT2D eigenvalue weighted by Crippen LogP contribution is 2.24. The van der Waals surface area contributed by atoms with Crippen LogP contribution in [0.5, 0.6) is 0 Å². The fraction of sp³-hybridized carbons (Fsp3) is 0.531. The van der Waals surface area contributed by atoms with Gasteiger partial charge in [-0.05, 0) is 114 Å². The van der Waals surface area contributed by atoms with Crippen molar-refractivity contribution in [3.05, 3.63) is 259 Å². The molecule has 109 heavy (non-hydrogen) atoms. The van der Waals surface area contributed by atoms with E-state index in [-0.39, 0.29) is 29.1 Å². The van der Waals surface area contributed by atoms with Gasteiger partial charge in [-0.2, -0.15) is 10.2 Å². The predicted octanol–water partition coefficient (Wildman–Crippen LogP) is 29.5. The van der Waals surface area contributed by atoms with Crippen LogP contribution in [-0.4, -0.2) is 65.0 Å². The minimum absolute atomic E-state index is 0. The lowest BCUT2D eigenvalue weighted by molar-refractivity contribution is 0.545. The van der Waals surface area contributed by atoms with Crippen LogP contribution in [0, 0.1) is 6.92 Å². The molecule has 0 bridgehead atoms. The third-order valence-electron chi connectivity index (χ3n) is 13.0. The quantitative estimate of drug-likeness (QED) is 0.160. The zero-order valence-electron chi connectivity index (χ0n) is 76.8. The molecular weight excluding hydrogens is 1340 g/mol. The largest absolute Gasteiger partial charge is 0.265 e. The predicted molar refractivity (Wildman–Crippen MR) is 486 cm³/mol. The van der Waals surface area contributed by atoms with E-state index in [9.17, 15) is 0 Å². The Kier molecular flexibility index (Phi) is 83.3. The lowest BCUT2D eigenvalue weighted by atomic mass is 9.92. The Balaban J connectivity index is -0.000000144. The summed E-state index contributed by atoms with van der Waals surface area (Å²) in [6, 6.07) is 40.5. The normalized spacial score (nSPS) is 9.49. The van der Waals surface area contributed by atoms with Crippen molar-refractivity contribution in [2.75, 3.05) is 0 Å². The molecule has 0 N–H and O–H groups in total. The standard InChI is InChI=1S/C12H14N2.C9H13N.C9H12.3C8H12N2.2C8H11N.C7H10N2.9C2H6.CH4/c1-8(2)12-10-6-4-5-7-11(10)13-9(3)14-12;1-9(2,3)8-6-4-5-7-10-8;1-8(2)9-6-4-3-5-7-9;1-8(2,3)7-6-9-4-5-10-7;1-8(2,3)7-4-5-9-6-10-7;1-8(2,3)7-9-5-4-6-10-7;1-7(2)8-3-5-9-6-4-8;1-7(2)8-4-3-5-9-6-8;1-6(2)7-4-3-5-8-9-7;9*1-2;/h4-8H,1-3H3;4-7H,1-3H3;3-8H,1-2H3;3*4-6H,1-3H3;2*3-7H,1-2H3;3-6H,1-2H3;9*1-2H3;1H4. The van der Waals surface area contributed by atoms with E-state index in [0.717, 1.165) is 45.6 Å². The first-order valence-electron chi connectivity index (χ1n) is 40.4. The van der Waals surface area contributed by atoms with E-state index in [1.165, 1.54) is 22.1 Å². The van der Waals surface area contributed by atoms with Gasteiger partial charge in [-0.15, -0.1) is 0 Å². The van der Waals surface area contributed by atoms with E-state index in [1.54, 1.807) is 55.9 Å². The van der Waals surface area contributed by atoms with Crippen LogP contribution in [0.1, 0.15) is 371 Å². The fourth-order valence-corrected chi connectivity index (χ4v) is 7.50. The van der Waals surface area contributed by atoms with Crippen molar-refractivity contribution in [3.8, 4) is 0 Å². The molecule has 0 aliphatic rings. The van der Waals surface area contributed by atoms with Gasteiger partial charge in [0, 0.05) is 113 Å². The van der Waals surface area contributed by atoms with Gasteiger partial charge in [-0.3, -0.25) is 24.9 Å². The van der Waals surface area contributed by atoms with E-state index in [2.05, 4.69) is 260 Å². The molecule has 0 aliphatic heterocycles. The Hall–Kier alpha value is -8.45. The maximum atomic E-state index is 4.49. The molecule has 13 nitrogen and oxygen atoms in total. The van der Waals surface area contributed by atoms with Gasteiger partial charge in [0.25, 0.3) is 0 Å². The molecule has 614 valence electrons. The molecule has 13 heteroatoms. The van der Waals surface area contributed by atoms with E-state index in [1.807, 2.05) is 235 Å². The first-order chi connectivity index (χ1) is 51.3. The number of hydrogen-bond acceptors (Lipinski definition) is 13. The zero-order valence-corrected chi connectivity index (χ0v) is 76.8. The van der Waals surface area contributed by atoms with Crippen LogP contribution < -0.4 is 0 Å². The Morgan fingerprint density at radius 2 is 0.706 bits per heavy atom. The minimum Gasteiger partial charge on any atom is -0.265 e. The number of para-hydroxylation sites is 1. The van der Waals surface area contributed by atoms with Gasteiger partial charge in [0.15, 0.2) is 0 Å². The smallest absolute Gasteiger partial charge is 0.133 e. The Morgan fingerprint density at radius 1 is 0.284 bits per heavy atom. The summed E-state index contributed by atoms with van der Waals surface area (Å²) in [7, 11) is 0. The van der Waals surface area contributed by atoms with Crippen molar-refractivity contribution in [2.24, 2.45) is 0 Å². The van der Waals surface area contributed by atoms with Gasteiger partial charge in [-0.25, -0.2) is 29.9 Å². The second kappa shape index (κ2) is 76.3. The average Bonchev–Trinajstić information content (AvgIpc) is 0.809. The van der Waals surface area contributed by atoms with Gasteiger partial charge in [0.1, 0.15) is 18.0 Å². The van der Waals surface area contributed by atoms with Crippen molar-refractivity contribution < 1.29 is 0 Å². The van der Waals surface area contributed by atoms with Gasteiger partial charge in [-0.1, -0.05) is 345 Å². The summed E-state index contributed by atoms with van der Waals surface area (Å²) in [5.74, 6) is 4.56. The van der Waals surface area contributed by atoms with Crippen LogP contribution in [0.3, 0.4) is 0 Å². The van der Waals surface area contributed by atoms with Crippen molar-refractivity contribution >= 4 is 10.9 Å². The highest BCUT2D eigenvalue weighted by molar-refractivity contribution is 5.81. The van der Waals surface area contributed by atoms with Crippen LogP contribution >= 0.6 is 0 Å². The average molecular weight is 1500 g/mol. The molecule has 0 saturated carbocycles. The maximum Gasteiger partial charge on any atom is 0.133 e. The summed E-state index contributed by atoms with van der Waals surface area (Å²) >= 11 is 0. The van der Waals surface area contributed by atoms with Crippen molar-refractivity contribution in [1.29, 1.82) is 0 Å². The molecule has 0 atom stereocenters. The zero-order chi connectivity index (χ0) is 85.3. The monoisotopic (exact) mass is 1500 g/mol. The number of hydrogen-bond donors (Lipinski definition) is 0. The van der Waals surface area contributed by atoms with Crippen molar-refractivity contribution in [2.45, 2.75) is 343 Å². The van der Waals surface area contributed by atoms with Crippen molar-refractivity contribution in [3.63, 3.8) is 0 Å². The summed E-state index contributed by atoms with van der Waals surface area (Å²) in [6.07, 6.45) is 23.0. The SMILES string of the molecule is C.CC.CC.CC.CC.CC.CC.CC.CC.CC.CC(C)(C)c1ccccn1.CC(C)(C)c1ccncn1.CC(C)(C)c1cnccn1.CC(C)(C)c1ncccn1.CC(C)c1ccccc1.CC(C)c1cccnc1.CC(C)c1cccnn1.CC(C)c1ccncc1.Cc1nc(C(C)C)c2ccccc2n1. The van der Waals surface area contributed by atoms with Crippen LogP contribution in [0.4, 0.5) is 0 Å². The molecule has 0 saturated heterocycles. The molecule has 0 radical (unpaired) electrons. The Bertz CT molecular complexity index is 2990. The fourth-order valence-electron chi connectivity index (χ4n) is 7.50. The first kappa shape index (κ1) is 119. The molecule has 10 rings (SSSR count). The summed E-state index contributed by atoms with van der Waals surface area (Å²) in [6.45, 7) is 85.1. The number of nitrogens with zero attached hydrogens (tertiary/aromatic N) is 13. The Morgan fingerprint density at radius 3 is 1.02 bits per heavy atom. The summed E-state index contributed by atoms with van der Waals surface area (Å²) in [5.41, 5.74) is 11.1. The lowest BCUT2D eigenvalue weighted by Gasteiger charge is -2.16.